The van der Waals surface area contributed by atoms with Crippen LogP contribution in [-0.4, -0.2) is 65.1 Å². The fraction of sp³-hybridized carbons (Fsp3) is 0.611. The molecule has 0 spiro atoms. The Hall–Kier alpha value is -2.29. The predicted octanol–water partition coefficient (Wildman–Crippen LogP) is 1.53. The van der Waals surface area contributed by atoms with Gasteiger partial charge in [-0.05, 0) is 38.8 Å². The van der Waals surface area contributed by atoms with Crippen LogP contribution in [0.15, 0.2) is 12.1 Å². The molecule has 1 aliphatic rings. The summed E-state index contributed by atoms with van der Waals surface area (Å²) in [7, 11) is 0. The number of halogens is 2. The monoisotopic (exact) mass is 385 g/mol. The third-order valence-electron chi connectivity index (χ3n) is 4.26. The molecule has 0 aromatic carbocycles. The van der Waals surface area contributed by atoms with Crippen LogP contribution in [0.25, 0.3) is 0 Å². The van der Waals surface area contributed by atoms with Crippen molar-refractivity contribution < 1.29 is 28.2 Å². The number of aryl methyl sites for hydroxylation is 1. The number of amides is 2. The Labute approximate surface area is 156 Å². The van der Waals surface area contributed by atoms with Crippen LogP contribution < -0.4 is 10.1 Å². The van der Waals surface area contributed by atoms with Crippen LogP contribution in [0.2, 0.25) is 0 Å². The number of rotatable bonds is 6. The maximum absolute atomic E-state index is 12.6. The largest absolute Gasteiger partial charge is 0.491 e. The quantitative estimate of drug-likeness (QED) is 0.775. The molecule has 2 heterocycles. The number of carbonyl (C=O) groups excluding carboxylic acids is 2. The van der Waals surface area contributed by atoms with Crippen LogP contribution in [0.5, 0.6) is 5.75 Å². The van der Waals surface area contributed by atoms with E-state index in [9.17, 15) is 23.5 Å². The Kier molecular flexibility index (Phi) is 7.46. The van der Waals surface area contributed by atoms with Crippen molar-refractivity contribution in [2.24, 2.45) is 0 Å². The van der Waals surface area contributed by atoms with Crippen LogP contribution in [0.4, 0.5) is 8.78 Å². The van der Waals surface area contributed by atoms with Crippen LogP contribution in [-0.2, 0) is 4.79 Å². The van der Waals surface area contributed by atoms with Gasteiger partial charge in [-0.2, -0.15) is 0 Å². The predicted molar refractivity (Wildman–Crippen MR) is 93.8 cm³/mol. The highest BCUT2D eigenvalue weighted by Gasteiger charge is 2.28. The minimum atomic E-state index is -2.72. The van der Waals surface area contributed by atoms with Gasteiger partial charge in [-0.1, -0.05) is 0 Å². The molecule has 0 bridgehead atoms. The Morgan fingerprint density at radius 1 is 1.44 bits per heavy atom. The minimum Gasteiger partial charge on any atom is -0.491 e. The molecule has 150 valence electrons. The van der Waals surface area contributed by atoms with E-state index >= 15 is 0 Å². The summed E-state index contributed by atoms with van der Waals surface area (Å²) in [5.41, 5.74) is 0.814. The molecule has 27 heavy (non-hydrogen) atoms. The smallest absolute Gasteiger partial charge is 0.273 e. The van der Waals surface area contributed by atoms with Gasteiger partial charge in [0.25, 0.3) is 5.91 Å². The van der Waals surface area contributed by atoms with E-state index in [1.165, 1.54) is 4.90 Å². The fourth-order valence-corrected chi connectivity index (χ4v) is 3.03. The molecule has 1 fully saturated rings. The van der Waals surface area contributed by atoms with Crippen molar-refractivity contribution in [3.63, 3.8) is 0 Å². The van der Waals surface area contributed by atoms with Gasteiger partial charge in [-0.25, -0.2) is 13.8 Å². The number of aliphatic hydroxyl groups is 1. The highest BCUT2D eigenvalue weighted by Crippen LogP contribution is 2.19. The van der Waals surface area contributed by atoms with E-state index in [4.69, 9.17) is 4.74 Å². The highest BCUT2D eigenvalue weighted by molar-refractivity contribution is 5.95. The lowest BCUT2D eigenvalue weighted by Crippen LogP contribution is -2.37. The van der Waals surface area contributed by atoms with Crippen LogP contribution in [0.3, 0.4) is 0 Å². The van der Waals surface area contributed by atoms with Gasteiger partial charge in [0, 0.05) is 24.8 Å². The first-order valence-electron chi connectivity index (χ1n) is 8.95. The molecule has 0 saturated carbocycles. The third-order valence-corrected chi connectivity index (χ3v) is 4.26. The van der Waals surface area contributed by atoms with Crippen molar-refractivity contribution in [1.82, 2.24) is 15.2 Å². The van der Waals surface area contributed by atoms with E-state index in [0.717, 1.165) is 0 Å². The lowest BCUT2D eigenvalue weighted by Gasteiger charge is -2.21. The highest BCUT2D eigenvalue weighted by atomic mass is 19.3. The number of likely N-dealkylation sites (tertiary alicyclic amines) is 1. The number of hydrogen-bond donors (Lipinski definition) is 2. The summed E-state index contributed by atoms with van der Waals surface area (Å²) < 4.78 is 30.3. The molecule has 2 amide bonds. The lowest BCUT2D eigenvalue weighted by molar-refractivity contribution is -0.135. The number of aliphatic hydroxyl groups excluding tert-OH is 1. The number of nitrogens with one attached hydrogen (secondary N) is 1. The van der Waals surface area contributed by atoms with Crippen molar-refractivity contribution in [3.8, 4) is 5.75 Å². The second-order valence-electron chi connectivity index (χ2n) is 6.52. The van der Waals surface area contributed by atoms with Gasteiger partial charge in [0.15, 0.2) is 11.4 Å². The molecule has 2 N–H and O–H groups in total. The van der Waals surface area contributed by atoms with Gasteiger partial charge in [-0.3, -0.25) is 9.59 Å². The van der Waals surface area contributed by atoms with E-state index in [1.807, 2.05) is 0 Å². The molecule has 2 rings (SSSR count). The fourth-order valence-electron chi connectivity index (χ4n) is 3.03. The molecule has 1 aromatic heterocycles. The number of β-amino-alcohol motifs (C(OH)–C–C–N with tert-alkyl or cyclic N) is 1. The van der Waals surface area contributed by atoms with Gasteiger partial charge < -0.3 is 20.1 Å². The van der Waals surface area contributed by atoms with Gasteiger partial charge in [0.05, 0.1) is 19.1 Å². The van der Waals surface area contributed by atoms with Gasteiger partial charge >= 0.3 is 0 Å². The van der Waals surface area contributed by atoms with Crippen molar-refractivity contribution in [1.29, 1.82) is 0 Å². The first-order chi connectivity index (χ1) is 12.8. The molecule has 2 atom stereocenters. The number of hydrogen-bond acceptors (Lipinski definition) is 5. The summed E-state index contributed by atoms with van der Waals surface area (Å²) >= 11 is 0. The molecule has 9 heteroatoms. The molecule has 0 aliphatic carbocycles. The van der Waals surface area contributed by atoms with Gasteiger partial charge in [-0.15, -0.1) is 0 Å². The normalized spacial score (nSPS) is 20.3. The number of pyridine rings is 1. The second kappa shape index (κ2) is 9.59. The molecule has 0 radical (unpaired) electrons. The third kappa shape index (κ3) is 6.13. The molecule has 1 saturated heterocycles. The Bertz CT molecular complexity index is 672. The minimum absolute atomic E-state index is 0.0230. The van der Waals surface area contributed by atoms with Crippen LogP contribution in [0, 0.1) is 6.92 Å². The number of nitrogens with zero attached hydrogens (tertiary/aromatic N) is 2. The average Bonchev–Trinajstić information content (AvgIpc) is 2.77. The van der Waals surface area contributed by atoms with Crippen molar-refractivity contribution in [3.05, 3.63) is 23.5 Å². The SMILES string of the molecule is CCOc1ccc(C)nc1C(=O)N[C@@H]1CCN(C(=O)CC(F)F)C[C@H](O)C1. The summed E-state index contributed by atoms with van der Waals surface area (Å²) in [5, 5.41) is 12.9. The number of aromatic nitrogens is 1. The van der Waals surface area contributed by atoms with Crippen molar-refractivity contribution in [2.45, 2.75) is 51.7 Å². The van der Waals surface area contributed by atoms with Gasteiger partial charge in [0.1, 0.15) is 0 Å². The van der Waals surface area contributed by atoms with Crippen LogP contribution >= 0.6 is 0 Å². The second-order valence-corrected chi connectivity index (χ2v) is 6.52. The number of carbonyl (C=O) groups is 2. The first kappa shape index (κ1) is 21.0. The number of ether oxygens (including phenoxy) is 1. The maximum Gasteiger partial charge on any atom is 0.273 e. The molecule has 0 unspecified atom stereocenters. The molecule has 7 nitrogen and oxygen atoms in total. The zero-order valence-corrected chi connectivity index (χ0v) is 15.5. The van der Waals surface area contributed by atoms with Crippen molar-refractivity contribution >= 4 is 11.8 Å². The summed E-state index contributed by atoms with van der Waals surface area (Å²) in [6.45, 7) is 4.11. The topological polar surface area (TPSA) is 91.8 Å². The van der Waals surface area contributed by atoms with E-state index < -0.39 is 36.8 Å². The zero-order valence-electron chi connectivity index (χ0n) is 15.5. The summed E-state index contributed by atoms with van der Waals surface area (Å²) in [6.07, 6.45) is -3.92. The maximum atomic E-state index is 12.6. The summed E-state index contributed by atoms with van der Waals surface area (Å²) in [4.78, 5) is 29.9. The Morgan fingerprint density at radius 3 is 2.85 bits per heavy atom. The van der Waals surface area contributed by atoms with E-state index in [0.29, 0.717) is 24.5 Å². The first-order valence-corrected chi connectivity index (χ1v) is 8.95. The standard InChI is InChI=1S/C18H25F2N3O4/c1-3-27-14-5-4-11(2)21-17(14)18(26)22-12-6-7-23(10-13(24)8-12)16(25)9-15(19)20/h4-5,12-13,15,24H,3,6-10H2,1-2H3,(H,22,26)/t12-,13-/m1/s1. The van der Waals surface area contributed by atoms with Crippen molar-refractivity contribution in [2.75, 3.05) is 19.7 Å². The summed E-state index contributed by atoms with van der Waals surface area (Å²) in [6, 6.07) is 3.01. The molecular weight excluding hydrogens is 360 g/mol. The van der Waals surface area contributed by atoms with Gasteiger partial charge in [0.2, 0.25) is 12.3 Å². The molecule has 1 aliphatic heterocycles. The van der Waals surface area contributed by atoms with Crippen LogP contribution in [0.1, 0.15) is 42.4 Å². The molecular formula is C18H25F2N3O4. The Morgan fingerprint density at radius 2 is 2.19 bits per heavy atom. The summed E-state index contributed by atoms with van der Waals surface area (Å²) in [5.74, 6) is -0.773. The lowest BCUT2D eigenvalue weighted by atomic mass is 10.1. The van der Waals surface area contributed by atoms with E-state index in [1.54, 1.807) is 26.0 Å². The Balaban J connectivity index is 2.04. The van der Waals surface area contributed by atoms with E-state index in [-0.39, 0.29) is 25.2 Å². The number of alkyl halides is 2. The average molecular weight is 385 g/mol. The van der Waals surface area contributed by atoms with E-state index in [2.05, 4.69) is 10.3 Å². The molecule has 1 aromatic rings. The zero-order chi connectivity index (χ0) is 20.0.